The summed E-state index contributed by atoms with van der Waals surface area (Å²) in [5, 5.41) is 6.17. The second-order valence-corrected chi connectivity index (χ2v) is 4.36. The Bertz CT molecular complexity index is 656. The molecule has 1 aromatic carbocycles. The summed E-state index contributed by atoms with van der Waals surface area (Å²) in [4.78, 5) is 5.21. The summed E-state index contributed by atoms with van der Waals surface area (Å²) < 4.78 is 6.75. The molecule has 0 fully saturated rings. The molecule has 0 saturated carbocycles. The van der Waals surface area contributed by atoms with Gasteiger partial charge in [0.2, 0.25) is 4.96 Å². The third-order valence-corrected chi connectivity index (χ3v) is 3.29. The Balaban J connectivity index is 2.07. The van der Waals surface area contributed by atoms with Gasteiger partial charge in [-0.25, -0.2) is 0 Å². The number of aromatic nitrogens is 3. The Morgan fingerprint density at radius 2 is 2.06 bits per heavy atom. The Morgan fingerprint density at radius 3 is 2.71 bits per heavy atom. The molecule has 0 atom stereocenters. The first kappa shape index (κ1) is 10.1. The van der Waals surface area contributed by atoms with Crippen LogP contribution in [-0.4, -0.2) is 21.7 Å². The molecule has 2 heterocycles. The molecule has 2 N–H and O–H groups in total. The van der Waals surface area contributed by atoms with Crippen molar-refractivity contribution in [2.24, 2.45) is 0 Å². The maximum atomic E-state index is 5.76. The molecular weight excluding hydrogens is 236 g/mol. The zero-order chi connectivity index (χ0) is 11.8. The largest absolute Gasteiger partial charge is 0.497 e. The fourth-order valence-electron chi connectivity index (χ4n) is 1.57. The number of nitrogens with two attached hydrogens (primary N) is 1. The monoisotopic (exact) mass is 246 g/mol. The van der Waals surface area contributed by atoms with Crippen LogP contribution in [0.15, 0.2) is 29.6 Å². The Hall–Kier alpha value is -2.08. The fourth-order valence-corrected chi connectivity index (χ4v) is 2.28. The van der Waals surface area contributed by atoms with E-state index in [1.807, 2.05) is 29.6 Å². The highest BCUT2D eigenvalue weighted by Crippen LogP contribution is 2.23. The summed E-state index contributed by atoms with van der Waals surface area (Å²) in [6, 6.07) is 7.62. The second-order valence-electron chi connectivity index (χ2n) is 3.52. The van der Waals surface area contributed by atoms with Crippen LogP contribution in [0.25, 0.3) is 16.3 Å². The standard InChI is InChI=1S/C11H10N4OS/c1-16-8-4-2-7(3-5-8)10-13-11-15(14-10)9(12)6-17-11/h2-6H,12H2,1H3. The maximum absolute atomic E-state index is 5.76. The van der Waals surface area contributed by atoms with Crippen LogP contribution >= 0.6 is 11.3 Å². The zero-order valence-electron chi connectivity index (χ0n) is 9.12. The van der Waals surface area contributed by atoms with E-state index in [-0.39, 0.29) is 0 Å². The van der Waals surface area contributed by atoms with Crippen LogP contribution in [0.1, 0.15) is 0 Å². The average Bonchev–Trinajstić information content (AvgIpc) is 2.92. The van der Waals surface area contributed by atoms with Gasteiger partial charge in [-0.3, -0.25) is 0 Å². The van der Waals surface area contributed by atoms with Gasteiger partial charge in [0.05, 0.1) is 7.11 Å². The Kier molecular flexibility index (Phi) is 2.22. The number of thiazole rings is 1. The van der Waals surface area contributed by atoms with Crippen LogP contribution in [0.4, 0.5) is 5.82 Å². The summed E-state index contributed by atoms with van der Waals surface area (Å²) in [7, 11) is 1.64. The van der Waals surface area contributed by atoms with E-state index in [1.54, 1.807) is 11.6 Å². The van der Waals surface area contributed by atoms with Crippen molar-refractivity contribution in [2.75, 3.05) is 12.8 Å². The van der Waals surface area contributed by atoms with E-state index in [0.717, 1.165) is 16.3 Å². The molecule has 86 valence electrons. The predicted octanol–water partition coefficient (Wildman–Crippen LogP) is 2.05. The van der Waals surface area contributed by atoms with Crippen LogP contribution in [0.3, 0.4) is 0 Å². The normalized spacial score (nSPS) is 10.9. The molecule has 2 aromatic heterocycles. The van der Waals surface area contributed by atoms with Gasteiger partial charge in [-0.15, -0.1) is 16.4 Å². The number of hydrogen-bond donors (Lipinski definition) is 1. The van der Waals surface area contributed by atoms with E-state index < -0.39 is 0 Å². The van der Waals surface area contributed by atoms with Gasteiger partial charge in [-0.05, 0) is 24.3 Å². The van der Waals surface area contributed by atoms with E-state index >= 15 is 0 Å². The highest BCUT2D eigenvalue weighted by atomic mass is 32.1. The summed E-state index contributed by atoms with van der Waals surface area (Å²) in [6.45, 7) is 0. The molecule has 0 aliphatic heterocycles. The van der Waals surface area contributed by atoms with Crippen molar-refractivity contribution in [3.63, 3.8) is 0 Å². The lowest BCUT2D eigenvalue weighted by Gasteiger charge is -1.99. The van der Waals surface area contributed by atoms with Crippen molar-refractivity contribution < 1.29 is 4.74 Å². The first-order valence-corrected chi connectivity index (χ1v) is 5.90. The quantitative estimate of drug-likeness (QED) is 0.751. The lowest BCUT2D eigenvalue weighted by Crippen LogP contribution is -1.92. The fraction of sp³-hybridized carbons (Fsp3) is 0.0909. The van der Waals surface area contributed by atoms with E-state index in [2.05, 4.69) is 10.1 Å². The minimum atomic E-state index is 0.609. The van der Waals surface area contributed by atoms with E-state index in [1.165, 1.54) is 11.3 Å². The number of nitrogen functional groups attached to an aromatic ring is 1. The van der Waals surface area contributed by atoms with Crippen molar-refractivity contribution >= 4 is 22.1 Å². The van der Waals surface area contributed by atoms with Crippen molar-refractivity contribution in [3.05, 3.63) is 29.6 Å². The molecule has 3 rings (SSSR count). The van der Waals surface area contributed by atoms with Crippen molar-refractivity contribution in [3.8, 4) is 17.1 Å². The summed E-state index contributed by atoms with van der Waals surface area (Å²) in [6.07, 6.45) is 0. The molecule has 0 aliphatic rings. The van der Waals surface area contributed by atoms with Gasteiger partial charge in [0, 0.05) is 10.9 Å². The number of rotatable bonds is 2. The van der Waals surface area contributed by atoms with Gasteiger partial charge in [0.25, 0.3) is 0 Å². The summed E-state index contributed by atoms with van der Waals surface area (Å²) in [5.41, 5.74) is 6.71. The van der Waals surface area contributed by atoms with Crippen LogP contribution in [0.2, 0.25) is 0 Å². The minimum absolute atomic E-state index is 0.609. The third-order valence-electron chi connectivity index (χ3n) is 2.46. The average molecular weight is 246 g/mol. The predicted molar refractivity (Wildman–Crippen MR) is 67.3 cm³/mol. The van der Waals surface area contributed by atoms with E-state index in [0.29, 0.717) is 11.6 Å². The van der Waals surface area contributed by atoms with Crippen molar-refractivity contribution in [2.45, 2.75) is 0 Å². The molecule has 5 nitrogen and oxygen atoms in total. The maximum Gasteiger partial charge on any atom is 0.214 e. The van der Waals surface area contributed by atoms with Crippen LogP contribution in [0, 0.1) is 0 Å². The van der Waals surface area contributed by atoms with Gasteiger partial charge in [-0.1, -0.05) is 0 Å². The number of benzene rings is 1. The number of fused-ring (bicyclic) bond motifs is 1. The highest BCUT2D eigenvalue weighted by Gasteiger charge is 2.09. The molecule has 0 aliphatic carbocycles. The molecule has 0 radical (unpaired) electrons. The van der Waals surface area contributed by atoms with E-state index in [9.17, 15) is 0 Å². The van der Waals surface area contributed by atoms with Gasteiger partial charge in [0.15, 0.2) is 5.82 Å². The number of anilines is 1. The molecular formula is C11H10N4OS. The van der Waals surface area contributed by atoms with E-state index in [4.69, 9.17) is 10.5 Å². The first-order valence-electron chi connectivity index (χ1n) is 5.02. The highest BCUT2D eigenvalue weighted by molar-refractivity contribution is 7.15. The molecule has 0 unspecified atom stereocenters. The van der Waals surface area contributed by atoms with Gasteiger partial charge >= 0.3 is 0 Å². The molecule has 6 heteroatoms. The van der Waals surface area contributed by atoms with Crippen molar-refractivity contribution in [1.29, 1.82) is 0 Å². The molecule has 0 saturated heterocycles. The Morgan fingerprint density at radius 1 is 1.29 bits per heavy atom. The molecule has 17 heavy (non-hydrogen) atoms. The molecule has 0 spiro atoms. The SMILES string of the molecule is COc1ccc(-c2nc3scc(N)n3n2)cc1. The summed E-state index contributed by atoms with van der Waals surface area (Å²) >= 11 is 1.48. The summed E-state index contributed by atoms with van der Waals surface area (Å²) in [5.74, 6) is 2.10. The molecule has 3 aromatic rings. The van der Waals surface area contributed by atoms with Crippen molar-refractivity contribution in [1.82, 2.24) is 14.6 Å². The van der Waals surface area contributed by atoms with Gasteiger partial charge < -0.3 is 10.5 Å². The second kappa shape index (κ2) is 3.74. The number of hydrogen-bond acceptors (Lipinski definition) is 5. The van der Waals surface area contributed by atoms with Crippen LogP contribution in [-0.2, 0) is 0 Å². The smallest absolute Gasteiger partial charge is 0.214 e. The third kappa shape index (κ3) is 1.62. The van der Waals surface area contributed by atoms with Crippen LogP contribution < -0.4 is 10.5 Å². The Labute approximate surface area is 101 Å². The minimum Gasteiger partial charge on any atom is -0.497 e. The molecule has 0 amide bonds. The topological polar surface area (TPSA) is 65.4 Å². The lowest BCUT2D eigenvalue weighted by molar-refractivity contribution is 0.415. The first-order chi connectivity index (χ1) is 8.28. The number of ether oxygens (including phenoxy) is 1. The number of nitrogens with zero attached hydrogens (tertiary/aromatic N) is 3. The zero-order valence-corrected chi connectivity index (χ0v) is 9.94. The van der Waals surface area contributed by atoms with Gasteiger partial charge in [-0.2, -0.15) is 9.50 Å². The number of methoxy groups -OCH3 is 1. The molecule has 0 bridgehead atoms. The van der Waals surface area contributed by atoms with Gasteiger partial charge in [0.1, 0.15) is 11.6 Å². The lowest BCUT2D eigenvalue weighted by atomic mass is 10.2. The van der Waals surface area contributed by atoms with Crippen LogP contribution in [0.5, 0.6) is 5.75 Å².